The Balaban J connectivity index is 2.10. The van der Waals surface area contributed by atoms with Gasteiger partial charge >= 0.3 is 0 Å². The van der Waals surface area contributed by atoms with Crippen molar-refractivity contribution < 1.29 is 8.42 Å². The molecule has 1 aromatic carbocycles. The van der Waals surface area contributed by atoms with Crippen molar-refractivity contribution in [2.24, 2.45) is 5.92 Å². The summed E-state index contributed by atoms with van der Waals surface area (Å²) in [5, 5.41) is 0. The second-order valence-electron chi connectivity index (χ2n) is 4.35. The van der Waals surface area contributed by atoms with Gasteiger partial charge in [0.2, 0.25) is 10.0 Å². The quantitative estimate of drug-likeness (QED) is 0.932. The molecular formula is C11H14BrNO2S. The summed E-state index contributed by atoms with van der Waals surface area (Å²) in [5.41, 5.74) is 0. The Bertz CT molecular complexity index is 463. The fraction of sp³-hybridized carbons (Fsp3) is 0.455. The summed E-state index contributed by atoms with van der Waals surface area (Å²) in [4.78, 5) is 0.329. The van der Waals surface area contributed by atoms with Crippen LogP contribution in [-0.2, 0) is 10.0 Å². The molecule has 1 aliphatic carbocycles. The number of nitrogens with one attached hydrogen (secondary N) is 1. The van der Waals surface area contributed by atoms with Gasteiger partial charge in [-0.1, -0.05) is 22.9 Å². The van der Waals surface area contributed by atoms with Crippen molar-refractivity contribution in [3.63, 3.8) is 0 Å². The average molecular weight is 304 g/mol. The van der Waals surface area contributed by atoms with Crippen LogP contribution in [0.15, 0.2) is 33.6 Å². The minimum Gasteiger partial charge on any atom is -0.208 e. The lowest BCUT2D eigenvalue weighted by atomic mass is 9.83. The highest BCUT2D eigenvalue weighted by molar-refractivity contribution is 9.10. The number of sulfonamides is 1. The smallest absolute Gasteiger partial charge is 0.208 e. The Labute approximate surface area is 104 Å². The van der Waals surface area contributed by atoms with Crippen molar-refractivity contribution in [1.29, 1.82) is 0 Å². The zero-order valence-electron chi connectivity index (χ0n) is 8.98. The van der Waals surface area contributed by atoms with Crippen molar-refractivity contribution in [2.45, 2.75) is 30.7 Å². The average Bonchev–Trinajstić information content (AvgIpc) is 2.15. The fourth-order valence-corrected chi connectivity index (χ4v) is 3.43. The number of rotatable bonds is 3. The number of hydrogen-bond acceptors (Lipinski definition) is 2. The van der Waals surface area contributed by atoms with Gasteiger partial charge in [-0.15, -0.1) is 0 Å². The molecule has 0 aromatic heterocycles. The monoisotopic (exact) mass is 303 g/mol. The topological polar surface area (TPSA) is 46.2 Å². The SMILES string of the molecule is CC1CC(NS(=O)(=O)c2ccc(Br)cc2)C1. The molecule has 3 nitrogen and oxygen atoms in total. The molecule has 0 atom stereocenters. The molecule has 0 unspecified atom stereocenters. The summed E-state index contributed by atoms with van der Waals surface area (Å²) >= 11 is 3.28. The van der Waals surface area contributed by atoms with Gasteiger partial charge in [0.25, 0.3) is 0 Å². The van der Waals surface area contributed by atoms with Crippen molar-refractivity contribution in [1.82, 2.24) is 4.72 Å². The molecule has 5 heteroatoms. The van der Waals surface area contributed by atoms with Crippen LogP contribution in [0.25, 0.3) is 0 Å². The second-order valence-corrected chi connectivity index (χ2v) is 6.98. The van der Waals surface area contributed by atoms with Crippen LogP contribution in [0.2, 0.25) is 0 Å². The Kier molecular flexibility index (Phi) is 3.37. The zero-order valence-corrected chi connectivity index (χ0v) is 11.4. The molecule has 1 aliphatic rings. The molecule has 0 amide bonds. The van der Waals surface area contributed by atoms with Crippen LogP contribution in [0.3, 0.4) is 0 Å². The molecule has 0 heterocycles. The van der Waals surface area contributed by atoms with E-state index in [4.69, 9.17) is 0 Å². The molecule has 1 fully saturated rings. The van der Waals surface area contributed by atoms with E-state index in [1.54, 1.807) is 24.3 Å². The molecule has 0 saturated heterocycles. The van der Waals surface area contributed by atoms with Gasteiger partial charge in [0, 0.05) is 10.5 Å². The van der Waals surface area contributed by atoms with Gasteiger partial charge in [-0.25, -0.2) is 13.1 Å². The molecule has 0 aliphatic heterocycles. The lowest BCUT2D eigenvalue weighted by Gasteiger charge is -2.32. The number of benzene rings is 1. The van der Waals surface area contributed by atoms with Gasteiger partial charge < -0.3 is 0 Å². The van der Waals surface area contributed by atoms with Crippen LogP contribution < -0.4 is 4.72 Å². The minimum atomic E-state index is -3.33. The van der Waals surface area contributed by atoms with Crippen molar-refractivity contribution >= 4 is 26.0 Å². The number of hydrogen-bond donors (Lipinski definition) is 1. The molecule has 1 aromatic rings. The van der Waals surface area contributed by atoms with Crippen LogP contribution in [0, 0.1) is 5.92 Å². The Morgan fingerprint density at radius 1 is 1.25 bits per heavy atom. The van der Waals surface area contributed by atoms with E-state index in [0.29, 0.717) is 10.8 Å². The van der Waals surface area contributed by atoms with Gasteiger partial charge in [-0.3, -0.25) is 0 Å². The lowest BCUT2D eigenvalue weighted by Crippen LogP contribution is -2.43. The van der Waals surface area contributed by atoms with E-state index in [9.17, 15) is 8.42 Å². The molecule has 88 valence electrons. The Hall–Kier alpha value is -0.390. The third kappa shape index (κ3) is 2.64. The lowest BCUT2D eigenvalue weighted by molar-refractivity contribution is 0.270. The molecule has 2 rings (SSSR count). The predicted octanol–water partition coefficient (Wildman–Crippen LogP) is 2.53. The molecule has 1 saturated carbocycles. The Morgan fingerprint density at radius 2 is 1.81 bits per heavy atom. The zero-order chi connectivity index (χ0) is 11.8. The van der Waals surface area contributed by atoms with Crippen LogP contribution in [0.4, 0.5) is 0 Å². The number of halogens is 1. The van der Waals surface area contributed by atoms with E-state index in [1.165, 1.54) is 0 Å². The minimum absolute atomic E-state index is 0.114. The standard InChI is InChI=1S/C11H14BrNO2S/c1-8-6-10(7-8)13-16(14,15)11-4-2-9(12)3-5-11/h2-5,8,10,13H,6-7H2,1H3. The van der Waals surface area contributed by atoms with Crippen LogP contribution in [0.5, 0.6) is 0 Å². The van der Waals surface area contributed by atoms with Crippen LogP contribution in [0.1, 0.15) is 19.8 Å². The molecular weight excluding hydrogens is 290 g/mol. The maximum absolute atomic E-state index is 11.9. The van der Waals surface area contributed by atoms with Gasteiger partial charge in [-0.05, 0) is 43.0 Å². The van der Waals surface area contributed by atoms with E-state index in [0.717, 1.165) is 17.3 Å². The maximum atomic E-state index is 11.9. The Morgan fingerprint density at radius 3 is 2.31 bits per heavy atom. The summed E-state index contributed by atoms with van der Waals surface area (Å²) in [5.74, 6) is 0.637. The van der Waals surface area contributed by atoms with E-state index in [2.05, 4.69) is 27.6 Å². The van der Waals surface area contributed by atoms with Crippen LogP contribution in [-0.4, -0.2) is 14.5 Å². The van der Waals surface area contributed by atoms with Crippen molar-refractivity contribution in [3.05, 3.63) is 28.7 Å². The highest BCUT2D eigenvalue weighted by Gasteiger charge is 2.29. The molecule has 0 bridgehead atoms. The molecule has 0 spiro atoms. The predicted molar refractivity (Wildman–Crippen MR) is 66.6 cm³/mol. The summed E-state index contributed by atoms with van der Waals surface area (Å²) < 4.78 is 27.4. The maximum Gasteiger partial charge on any atom is 0.240 e. The normalized spacial score (nSPS) is 25.1. The summed E-state index contributed by atoms with van der Waals surface area (Å²) in [7, 11) is -3.33. The first kappa shape index (κ1) is 12.1. The third-order valence-corrected chi connectivity index (χ3v) is 4.88. The van der Waals surface area contributed by atoms with Gasteiger partial charge in [-0.2, -0.15) is 0 Å². The summed E-state index contributed by atoms with van der Waals surface area (Å²) in [6.07, 6.45) is 1.88. The van der Waals surface area contributed by atoms with E-state index in [1.807, 2.05) is 0 Å². The van der Waals surface area contributed by atoms with Gasteiger partial charge in [0.05, 0.1) is 4.90 Å². The fourth-order valence-electron chi connectivity index (χ4n) is 1.90. The first-order valence-corrected chi connectivity index (χ1v) is 7.53. The first-order valence-electron chi connectivity index (χ1n) is 5.25. The molecule has 0 radical (unpaired) electrons. The van der Waals surface area contributed by atoms with Crippen LogP contribution >= 0.6 is 15.9 Å². The van der Waals surface area contributed by atoms with E-state index < -0.39 is 10.0 Å². The van der Waals surface area contributed by atoms with E-state index >= 15 is 0 Å². The summed E-state index contributed by atoms with van der Waals surface area (Å²) in [6, 6.07) is 6.79. The largest absolute Gasteiger partial charge is 0.240 e. The third-order valence-electron chi connectivity index (χ3n) is 2.82. The molecule has 16 heavy (non-hydrogen) atoms. The highest BCUT2D eigenvalue weighted by Crippen LogP contribution is 2.27. The van der Waals surface area contributed by atoms with Gasteiger partial charge in [0.15, 0.2) is 0 Å². The highest BCUT2D eigenvalue weighted by atomic mass is 79.9. The second kappa shape index (κ2) is 4.47. The van der Waals surface area contributed by atoms with Gasteiger partial charge in [0.1, 0.15) is 0 Å². The first-order chi connectivity index (χ1) is 7.47. The van der Waals surface area contributed by atoms with Crippen molar-refractivity contribution in [2.75, 3.05) is 0 Å². The van der Waals surface area contributed by atoms with Crippen molar-refractivity contribution in [3.8, 4) is 0 Å². The van der Waals surface area contributed by atoms with E-state index in [-0.39, 0.29) is 6.04 Å². The molecule has 1 N–H and O–H groups in total. The summed E-state index contributed by atoms with van der Waals surface area (Å²) in [6.45, 7) is 2.13.